The molecular formula is C13H14N2O3. The molecule has 1 N–H and O–H groups in total. The number of phenols is 1. The Morgan fingerprint density at radius 2 is 2.11 bits per heavy atom. The zero-order valence-corrected chi connectivity index (χ0v) is 10.5. The molecule has 0 fully saturated rings. The summed E-state index contributed by atoms with van der Waals surface area (Å²) in [5, 5.41) is 10.3. The van der Waals surface area contributed by atoms with E-state index in [0.29, 0.717) is 16.5 Å². The van der Waals surface area contributed by atoms with Crippen LogP contribution in [0.4, 0.5) is 5.69 Å². The minimum atomic E-state index is -0.447. The number of fused-ring (bicyclic) bond motifs is 1. The predicted molar refractivity (Wildman–Crippen MR) is 69.1 cm³/mol. The predicted octanol–water partition coefficient (Wildman–Crippen LogP) is 1.79. The van der Waals surface area contributed by atoms with Crippen molar-refractivity contribution in [2.75, 3.05) is 26.1 Å². The van der Waals surface area contributed by atoms with E-state index in [-0.39, 0.29) is 5.75 Å². The van der Waals surface area contributed by atoms with Crippen molar-refractivity contribution in [2.24, 2.45) is 0 Å². The molecule has 0 aliphatic heterocycles. The molecule has 0 radical (unpaired) electrons. The summed E-state index contributed by atoms with van der Waals surface area (Å²) >= 11 is 0. The lowest BCUT2D eigenvalue weighted by atomic mass is 10.1. The summed E-state index contributed by atoms with van der Waals surface area (Å²) in [6.07, 6.45) is 1.64. The summed E-state index contributed by atoms with van der Waals surface area (Å²) in [5.74, 6) is -0.402. The molecule has 0 aliphatic rings. The number of ether oxygens (including phenoxy) is 1. The molecule has 0 saturated heterocycles. The molecule has 0 bridgehead atoms. The molecule has 0 amide bonds. The van der Waals surface area contributed by atoms with E-state index in [1.807, 2.05) is 19.0 Å². The van der Waals surface area contributed by atoms with Gasteiger partial charge >= 0.3 is 5.97 Å². The second-order valence-corrected chi connectivity index (χ2v) is 4.11. The first kappa shape index (κ1) is 12.2. The molecule has 1 heterocycles. The molecular weight excluding hydrogens is 232 g/mol. The van der Waals surface area contributed by atoms with E-state index in [1.165, 1.54) is 19.2 Å². The third-order valence-corrected chi connectivity index (χ3v) is 2.74. The summed E-state index contributed by atoms with van der Waals surface area (Å²) in [6, 6.07) is 4.77. The fraction of sp³-hybridized carbons (Fsp3) is 0.231. The number of pyridine rings is 1. The highest BCUT2D eigenvalue weighted by molar-refractivity contribution is 6.05. The van der Waals surface area contributed by atoms with Gasteiger partial charge in [-0.05, 0) is 18.2 Å². The van der Waals surface area contributed by atoms with Crippen molar-refractivity contribution in [1.29, 1.82) is 0 Å². The number of phenolic OH excluding ortho intramolecular Hbond substituents is 1. The van der Waals surface area contributed by atoms with Crippen LogP contribution in [0.1, 0.15) is 10.4 Å². The van der Waals surface area contributed by atoms with Gasteiger partial charge in [0.05, 0.1) is 24.6 Å². The molecule has 1 aromatic carbocycles. The maximum absolute atomic E-state index is 11.7. The molecule has 18 heavy (non-hydrogen) atoms. The number of aromatic hydroxyl groups is 1. The van der Waals surface area contributed by atoms with E-state index in [2.05, 4.69) is 4.98 Å². The number of carbonyl (C=O) groups excluding carboxylic acids is 1. The van der Waals surface area contributed by atoms with E-state index in [1.54, 1.807) is 12.3 Å². The molecule has 94 valence electrons. The highest BCUT2D eigenvalue weighted by atomic mass is 16.5. The largest absolute Gasteiger partial charge is 0.506 e. The number of hydrogen-bond acceptors (Lipinski definition) is 5. The third kappa shape index (κ3) is 1.95. The average Bonchev–Trinajstić information content (AvgIpc) is 2.38. The Balaban J connectivity index is 2.75. The summed E-state index contributed by atoms with van der Waals surface area (Å²) in [4.78, 5) is 17.7. The second kappa shape index (κ2) is 4.52. The van der Waals surface area contributed by atoms with Crippen molar-refractivity contribution >= 4 is 22.6 Å². The Morgan fingerprint density at radius 3 is 2.72 bits per heavy atom. The van der Waals surface area contributed by atoms with E-state index in [0.717, 1.165) is 5.69 Å². The van der Waals surface area contributed by atoms with Crippen LogP contribution in [0.2, 0.25) is 0 Å². The molecule has 0 atom stereocenters. The summed E-state index contributed by atoms with van der Waals surface area (Å²) in [7, 11) is 5.08. The zero-order valence-electron chi connectivity index (χ0n) is 10.5. The maximum Gasteiger partial charge on any atom is 0.338 e. The Kier molecular flexibility index (Phi) is 3.06. The molecule has 5 heteroatoms. The van der Waals surface area contributed by atoms with Crippen molar-refractivity contribution in [3.05, 3.63) is 30.0 Å². The van der Waals surface area contributed by atoms with Gasteiger partial charge in [-0.1, -0.05) is 0 Å². The Bertz CT molecular complexity index is 608. The number of rotatable bonds is 2. The molecule has 0 aliphatic carbocycles. The van der Waals surface area contributed by atoms with Crippen molar-refractivity contribution in [3.8, 4) is 5.75 Å². The molecule has 0 saturated carbocycles. The van der Waals surface area contributed by atoms with Crippen molar-refractivity contribution in [2.45, 2.75) is 0 Å². The number of esters is 1. The zero-order chi connectivity index (χ0) is 13.3. The van der Waals surface area contributed by atoms with Crippen LogP contribution in [-0.2, 0) is 4.74 Å². The van der Waals surface area contributed by atoms with Gasteiger partial charge in [0.1, 0.15) is 11.3 Å². The minimum absolute atomic E-state index is 0.0444. The standard InChI is InChI=1S/C13H14N2O3/c1-15(2)8-6-10-9(13(17)18-3)4-5-11(16)12(10)14-7-8/h4-7,16H,1-3H3. The molecule has 0 unspecified atom stereocenters. The second-order valence-electron chi connectivity index (χ2n) is 4.11. The number of methoxy groups -OCH3 is 1. The van der Waals surface area contributed by atoms with Crippen LogP contribution in [0.25, 0.3) is 10.9 Å². The van der Waals surface area contributed by atoms with Gasteiger partial charge in [-0.2, -0.15) is 0 Å². The number of hydrogen-bond donors (Lipinski definition) is 1. The maximum atomic E-state index is 11.7. The fourth-order valence-electron chi connectivity index (χ4n) is 1.73. The van der Waals surface area contributed by atoms with Crippen molar-refractivity contribution in [3.63, 3.8) is 0 Å². The first-order valence-corrected chi connectivity index (χ1v) is 5.42. The lowest BCUT2D eigenvalue weighted by molar-refractivity contribution is 0.0603. The minimum Gasteiger partial charge on any atom is -0.506 e. The van der Waals surface area contributed by atoms with Crippen molar-refractivity contribution < 1.29 is 14.6 Å². The van der Waals surface area contributed by atoms with Crippen LogP contribution < -0.4 is 4.90 Å². The van der Waals surface area contributed by atoms with E-state index < -0.39 is 5.97 Å². The summed E-state index contributed by atoms with van der Waals surface area (Å²) < 4.78 is 4.72. The Labute approximate surface area is 105 Å². The van der Waals surface area contributed by atoms with Crippen LogP contribution in [0, 0.1) is 0 Å². The lowest BCUT2D eigenvalue weighted by Gasteiger charge is -2.13. The highest BCUT2D eigenvalue weighted by Gasteiger charge is 2.14. The van der Waals surface area contributed by atoms with Gasteiger partial charge in [0.25, 0.3) is 0 Å². The van der Waals surface area contributed by atoms with Crippen LogP contribution >= 0.6 is 0 Å². The van der Waals surface area contributed by atoms with Gasteiger partial charge in [-0.3, -0.25) is 4.98 Å². The van der Waals surface area contributed by atoms with Crippen LogP contribution in [0.15, 0.2) is 24.4 Å². The highest BCUT2D eigenvalue weighted by Crippen LogP contribution is 2.28. The van der Waals surface area contributed by atoms with E-state index >= 15 is 0 Å². The van der Waals surface area contributed by atoms with E-state index in [9.17, 15) is 9.90 Å². The number of anilines is 1. The normalized spacial score (nSPS) is 10.4. The van der Waals surface area contributed by atoms with Crippen LogP contribution in [0.5, 0.6) is 5.75 Å². The Hall–Kier alpha value is -2.30. The smallest absolute Gasteiger partial charge is 0.338 e. The SMILES string of the molecule is COC(=O)c1ccc(O)c2ncc(N(C)C)cc12. The van der Waals surface area contributed by atoms with Gasteiger partial charge in [0.2, 0.25) is 0 Å². The number of aromatic nitrogens is 1. The molecule has 5 nitrogen and oxygen atoms in total. The van der Waals surface area contributed by atoms with Gasteiger partial charge in [-0.15, -0.1) is 0 Å². The first-order chi connectivity index (χ1) is 8.54. The number of nitrogens with zero attached hydrogens (tertiary/aromatic N) is 2. The Morgan fingerprint density at radius 1 is 1.39 bits per heavy atom. The van der Waals surface area contributed by atoms with Crippen molar-refractivity contribution in [1.82, 2.24) is 4.98 Å². The molecule has 2 rings (SSSR count). The lowest BCUT2D eigenvalue weighted by Crippen LogP contribution is -2.09. The topological polar surface area (TPSA) is 62.7 Å². The van der Waals surface area contributed by atoms with E-state index in [4.69, 9.17) is 4.74 Å². The summed E-state index contributed by atoms with van der Waals surface area (Å²) in [6.45, 7) is 0. The molecule has 0 spiro atoms. The van der Waals surface area contributed by atoms with Gasteiger partial charge in [0.15, 0.2) is 0 Å². The molecule has 1 aromatic heterocycles. The van der Waals surface area contributed by atoms with Gasteiger partial charge < -0.3 is 14.7 Å². The van der Waals surface area contributed by atoms with Gasteiger partial charge in [-0.25, -0.2) is 4.79 Å². The first-order valence-electron chi connectivity index (χ1n) is 5.42. The van der Waals surface area contributed by atoms with Gasteiger partial charge in [0, 0.05) is 19.5 Å². The average molecular weight is 246 g/mol. The molecule has 2 aromatic rings. The quantitative estimate of drug-likeness (QED) is 0.818. The van der Waals surface area contributed by atoms with Crippen LogP contribution in [-0.4, -0.2) is 37.3 Å². The fourth-order valence-corrected chi connectivity index (χ4v) is 1.73. The number of carbonyl (C=O) groups is 1. The van der Waals surface area contributed by atoms with Crippen LogP contribution in [0.3, 0.4) is 0 Å². The summed E-state index contributed by atoms with van der Waals surface area (Å²) in [5.41, 5.74) is 1.63. The third-order valence-electron chi connectivity index (χ3n) is 2.74. The number of benzene rings is 1. The monoisotopic (exact) mass is 246 g/mol.